The van der Waals surface area contributed by atoms with E-state index in [1.807, 2.05) is 43.4 Å². The predicted molar refractivity (Wildman–Crippen MR) is 94.0 cm³/mol. The first-order chi connectivity index (χ1) is 12.0. The smallest absolute Gasteiger partial charge is 0.161 e. The van der Waals surface area contributed by atoms with Crippen LogP contribution in [0, 0.1) is 11.3 Å². The fourth-order valence-electron chi connectivity index (χ4n) is 3.74. The summed E-state index contributed by atoms with van der Waals surface area (Å²) < 4.78 is 5.49. The summed E-state index contributed by atoms with van der Waals surface area (Å²) in [5, 5.41) is 13.4. The third-order valence-electron chi connectivity index (χ3n) is 4.74. The Kier molecular flexibility index (Phi) is 4.51. The molecular weight excluding hydrogens is 316 g/mol. The van der Waals surface area contributed by atoms with Crippen molar-refractivity contribution in [3.05, 3.63) is 52.5 Å². The second kappa shape index (κ2) is 6.61. The molecule has 0 amide bonds. The number of nitriles is 1. The van der Waals surface area contributed by atoms with Crippen LogP contribution in [0.1, 0.15) is 30.7 Å². The number of Topliss-reactive ketones (excluding diaryl/α,β-unsaturated/α-hetero) is 1. The van der Waals surface area contributed by atoms with Crippen molar-refractivity contribution in [1.29, 1.82) is 5.26 Å². The van der Waals surface area contributed by atoms with Crippen LogP contribution in [0.5, 0.6) is 5.75 Å². The zero-order valence-electron chi connectivity index (χ0n) is 14.7. The molecule has 6 heteroatoms. The van der Waals surface area contributed by atoms with E-state index in [0.717, 1.165) is 24.1 Å². The van der Waals surface area contributed by atoms with E-state index in [-0.39, 0.29) is 5.78 Å². The Morgan fingerprint density at radius 1 is 1.32 bits per heavy atom. The summed E-state index contributed by atoms with van der Waals surface area (Å²) in [4.78, 5) is 12.8. The minimum absolute atomic E-state index is 0.0734. The first-order valence-corrected chi connectivity index (χ1v) is 8.27. The summed E-state index contributed by atoms with van der Waals surface area (Å²) in [7, 11) is 5.30. The Morgan fingerprint density at radius 3 is 2.68 bits per heavy atom. The molecule has 0 aromatic heterocycles. The normalized spacial score (nSPS) is 20.7. The molecule has 2 N–H and O–H groups in total. The average molecular weight is 338 g/mol. The first kappa shape index (κ1) is 17.1. The Bertz CT molecular complexity index is 817. The van der Waals surface area contributed by atoms with Crippen molar-refractivity contribution in [2.45, 2.75) is 25.2 Å². The molecule has 1 aliphatic carbocycles. The summed E-state index contributed by atoms with van der Waals surface area (Å²) in [5.41, 5.74) is 9.09. The average Bonchev–Trinajstić information content (AvgIpc) is 2.60. The van der Waals surface area contributed by atoms with E-state index >= 15 is 0 Å². The largest absolute Gasteiger partial charge is 0.496 e. The highest BCUT2D eigenvalue weighted by Crippen LogP contribution is 2.46. The summed E-state index contributed by atoms with van der Waals surface area (Å²) in [6.45, 7) is 0. The molecule has 3 rings (SSSR count). The molecule has 0 spiro atoms. The number of ketones is 1. The minimum atomic E-state index is -0.486. The van der Waals surface area contributed by atoms with E-state index in [4.69, 9.17) is 10.5 Å². The van der Waals surface area contributed by atoms with Gasteiger partial charge < -0.3 is 10.5 Å². The van der Waals surface area contributed by atoms with Gasteiger partial charge in [0.1, 0.15) is 11.6 Å². The van der Waals surface area contributed by atoms with Crippen molar-refractivity contribution in [3.8, 4) is 11.8 Å². The molecular formula is C19H22N4O2. The number of nitrogens with zero attached hydrogens (tertiary/aromatic N) is 3. The monoisotopic (exact) mass is 338 g/mol. The highest BCUT2D eigenvalue weighted by atomic mass is 16.5. The van der Waals surface area contributed by atoms with E-state index in [1.165, 1.54) is 0 Å². The van der Waals surface area contributed by atoms with Crippen molar-refractivity contribution < 1.29 is 9.53 Å². The van der Waals surface area contributed by atoms with Crippen LogP contribution in [0.4, 0.5) is 0 Å². The van der Waals surface area contributed by atoms with Gasteiger partial charge in [0.05, 0.1) is 24.7 Å². The molecule has 0 saturated heterocycles. The van der Waals surface area contributed by atoms with Crippen LogP contribution in [-0.2, 0) is 4.79 Å². The van der Waals surface area contributed by atoms with Crippen molar-refractivity contribution in [3.63, 3.8) is 0 Å². The molecule has 0 bridgehead atoms. The standard InChI is InChI=1S/C19H22N4O2/c1-22(2)23-14-8-6-9-15(24)18(14)17(13(11-20)19(23)21)12-7-4-5-10-16(12)25-3/h4-5,7,10,17H,6,8-9,21H2,1-3H3. The van der Waals surface area contributed by atoms with Crippen LogP contribution in [0.3, 0.4) is 0 Å². The van der Waals surface area contributed by atoms with Gasteiger partial charge in [-0.1, -0.05) is 18.2 Å². The Labute approximate surface area is 147 Å². The van der Waals surface area contributed by atoms with Gasteiger partial charge in [0.2, 0.25) is 0 Å². The van der Waals surface area contributed by atoms with Gasteiger partial charge in [0, 0.05) is 37.3 Å². The van der Waals surface area contributed by atoms with Crippen LogP contribution in [-0.4, -0.2) is 37.0 Å². The summed E-state index contributed by atoms with van der Waals surface area (Å²) >= 11 is 0. The molecule has 0 saturated carbocycles. The highest BCUT2D eigenvalue weighted by Gasteiger charge is 2.41. The van der Waals surface area contributed by atoms with Crippen LogP contribution in [0.15, 0.2) is 46.9 Å². The number of rotatable bonds is 3. The molecule has 1 aromatic carbocycles. The number of benzene rings is 1. The zero-order valence-corrected chi connectivity index (χ0v) is 14.7. The quantitative estimate of drug-likeness (QED) is 0.910. The molecule has 0 radical (unpaired) electrons. The Balaban J connectivity index is 2.30. The van der Waals surface area contributed by atoms with Gasteiger partial charge in [-0.25, -0.2) is 5.01 Å². The maximum Gasteiger partial charge on any atom is 0.161 e. The highest BCUT2D eigenvalue weighted by molar-refractivity contribution is 6.00. The lowest BCUT2D eigenvalue weighted by molar-refractivity contribution is -0.116. The maximum atomic E-state index is 12.8. The molecule has 1 aliphatic heterocycles. The fraction of sp³-hybridized carbons (Fsp3) is 0.368. The third-order valence-corrected chi connectivity index (χ3v) is 4.74. The number of ether oxygens (including phenoxy) is 1. The van der Waals surface area contributed by atoms with Crippen molar-refractivity contribution in [1.82, 2.24) is 10.0 Å². The van der Waals surface area contributed by atoms with E-state index in [1.54, 1.807) is 12.1 Å². The van der Waals surface area contributed by atoms with Gasteiger partial charge >= 0.3 is 0 Å². The van der Waals surface area contributed by atoms with Crippen LogP contribution in [0.25, 0.3) is 0 Å². The number of carbonyl (C=O) groups excluding carboxylic acids is 1. The van der Waals surface area contributed by atoms with E-state index in [2.05, 4.69) is 6.07 Å². The number of carbonyl (C=O) groups is 1. The number of hydrogen-bond acceptors (Lipinski definition) is 6. The van der Waals surface area contributed by atoms with Gasteiger partial charge in [-0.15, -0.1) is 0 Å². The van der Waals surface area contributed by atoms with Crippen LogP contribution < -0.4 is 10.5 Å². The summed E-state index contributed by atoms with van der Waals surface area (Å²) in [6, 6.07) is 9.72. The SMILES string of the molecule is COc1ccccc1C1C(C#N)=C(N)N(N(C)C)C2=C1C(=O)CCC2. The molecule has 0 fully saturated rings. The third kappa shape index (κ3) is 2.67. The number of hydrazine groups is 1. The molecule has 1 heterocycles. The lowest BCUT2D eigenvalue weighted by Crippen LogP contribution is -2.45. The maximum absolute atomic E-state index is 12.8. The fourth-order valence-corrected chi connectivity index (χ4v) is 3.74. The number of hydrogen-bond donors (Lipinski definition) is 1. The van der Waals surface area contributed by atoms with Gasteiger partial charge in [-0.3, -0.25) is 9.80 Å². The summed E-state index contributed by atoms with van der Waals surface area (Å²) in [5.74, 6) is 0.609. The van der Waals surface area contributed by atoms with Crippen LogP contribution in [0.2, 0.25) is 0 Å². The van der Waals surface area contributed by atoms with E-state index in [0.29, 0.717) is 29.1 Å². The lowest BCUT2D eigenvalue weighted by Gasteiger charge is -2.42. The van der Waals surface area contributed by atoms with Gasteiger partial charge in [0.25, 0.3) is 0 Å². The summed E-state index contributed by atoms with van der Waals surface area (Å²) in [6.07, 6.45) is 2.03. The predicted octanol–water partition coefficient (Wildman–Crippen LogP) is 2.27. The van der Waals surface area contributed by atoms with Crippen LogP contribution >= 0.6 is 0 Å². The topological polar surface area (TPSA) is 82.6 Å². The number of nitrogens with two attached hydrogens (primary N) is 1. The minimum Gasteiger partial charge on any atom is -0.496 e. The van der Waals surface area contributed by atoms with E-state index < -0.39 is 5.92 Å². The van der Waals surface area contributed by atoms with Crippen molar-refractivity contribution >= 4 is 5.78 Å². The lowest BCUT2D eigenvalue weighted by atomic mass is 9.76. The molecule has 1 unspecified atom stereocenters. The zero-order chi connectivity index (χ0) is 18.1. The number of para-hydroxylation sites is 1. The first-order valence-electron chi connectivity index (χ1n) is 8.27. The number of methoxy groups -OCH3 is 1. The molecule has 130 valence electrons. The number of allylic oxidation sites excluding steroid dienone is 3. The molecule has 1 aromatic rings. The van der Waals surface area contributed by atoms with Gasteiger partial charge in [-0.05, 0) is 18.9 Å². The van der Waals surface area contributed by atoms with E-state index in [9.17, 15) is 10.1 Å². The molecule has 1 atom stereocenters. The molecule has 2 aliphatic rings. The van der Waals surface area contributed by atoms with Gasteiger partial charge in [-0.2, -0.15) is 5.26 Å². The van der Waals surface area contributed by atoms with Crippen molar-refractivity contribution in [2.75, 3.05) is 21.2 Å². The molecule has 25 heavy (non-hydrogen) atoms. The molecule has 6 nitrogen and oxygen atoms in total. The second-order valence-electron chi connectivity index (χ2n) is 6.38. The second-order valence-corrected chi connectivity index (χ2v) is 6.38. The Hall–Kier alpha value is -2.78. The van der Waals surface area contributed by atoms with Crippen molar-refractivity contribution in [2.24, 2.45) is 5.73 Å². The Morgan fingerprint density at radius 2 is 2.04 bits per heavy atom. The van der Waals surface area contributed by atoms with Gasteiger partial charge in [0.15, 0.2) is 5.78 Å².